The molecule has 1 aliphatic rings. The van der Waals surface area contributed by atoms with Crippen LogP contribution in [0.3, 0.4) is 0 Å². The van der Waals surface area contributed by atoms with Gasteiger partial charge in [-0.2, -0.15) is 0 Å². The minimum Gasteiger partial charge on any atom is -0.497 e. The summed E-state index contributed by atoms with van der Waals surface area (Å²) in [6.07, 6.45) is 1.95. The van der Waals surface area contributed by atoms with E-state index in [0.717, 1.165) is 42.9 Å². The molecule has 1 heterocycles. The van der Waals surface area contributed by atoms with E-state index in [1.54, 1.807) is 38.2 Å². The van der Waals surface area contributed by atoms with E-state index in [1.165, 1.54) is 6.07 Å². The Labute approximate surface area is 212 Å². The van der Waals surface area contributed by atoms with Gasteiger partial charge in [-0.3, -0.25) is 4.79 Å². The third-order valence-electron chi connectivity index (χ3n) is 5.42. The molecule has 180 valence electrons. The summed E-state index contributed by atoms with van der Waals surface area (Å²) < 4.78 is 18.9. The average Bonchev–Trinajstić information content (AvgIpc) is 2.81. The van der Waals surface area contributed by atoms with E-state index in [1.807, 2.05) is 30.3 Å². The van der Waals surface area contributed by atoms with Crippen LogP contribution in [-0.2, 0) is 11.3 Å². The number of nitrogens with zero attached hydrogens (tertiary/aromatic N) is 3. The van der Waals surface area contributed by atoms with Gasteiger partial charge in [0.2, 0.25) is 5.91 Å². The Hall–Kier alpha value is -2.56. The SMILES string of the molecule is COc1ccc(CN=C(NCC(=O)N(C)C)NC2CCCN(c3cccc(F)c3)C2)cc1.I. The second-order valence-electron chi connectivity index (χ2n) is 8.06. The topological polar surface area (TPSA) is 69.2 Å². The van der Waals surface area contributed by atoms with E-state index in [0.29, 0.717) is 12.5 Å². The van der Waals surface area contributed by atoms with Crippen molar-refractivity contribution >= 4 is 41.5 Å². The van der Waals surface area contributed by atoms with Crippen molar-refractivity contribution in [2.24, 2.45) is 4.99 Å². The molecular weight excluding hydrogens is 536 g/mol. The number of hydrogen-bond donors (Lipinski definition) is 2. The largest absolute Gasteiger partial charge is 0.497 e. The van der Waals surface area contributed by atoms with Gasteiger partial charge in [-0.15, -0.1) is 24.0 Å². The first-order valence-electron chi connectivity index (χ1n) is 10.8. The Morgan fingerprint density at radius 3 is 2.67 bits per heavy atom. The number of halogens is 2. The van der Waals surface area contributed by atoms with Gasteiger partial charge in [-0.25, -0.2) is 9.38 Å². The van der Waals surface area contributed by atoms with Crippen molar-refractivity contribution < 1.29 is 13.9 Å². The van der Waals surface area contributed by atoms with E-state index in [-0.39, 0.29) is 48.3 Å². The first-order chi connectivity index (χ1) is 15.4. The highest BCUT2D eigenvalue weighted by molar-refractivity contribution is 14.0. The van der Waals surface area contributed by atoms with Crippen molar-refractivity contribution in [3.63, 3.8) is 0 Å². The standard InChI is InChI=1S/C24H32FN5O2.HI/c1-29(2)23(31)16-27-24(26-15-18-9-11-22(32-3)12-10-18)28-20-7-5-13-30(17-20)21-8-4-6-19(25)14-21;/h4,6,8-12,14,20H,5,7,13,15-17H2,1-3H3,(H2,26,27,28);1H. The van der Waals surface area contributed by atoms with Crippen molar-refractivity contribution in [3.05, 3.63) is 59.9 Å². The third kappa shape index (κ3) is 8.38. The molecule has 1 saturated heterocycles. The van der Waals surface area contributed by atoms with E-state index in [4.69, 9.17) is 9.73 Å². The molecule has 0 saturated carbocycles. The number of amides is 1. The molecule has 1 aliphatic heterocycles. The molecular formula is C24H33FIN5O2. The lowest BCUT2D eigenvalue weighted by atomic mass is 10.0. The number of ether oxygens (including phenoxy) is 1. The van der Waals surface area contributed by atoms with Crippen molar-refractivity contribution in [1.82, 2.24) is 15.5 Å². The van der Waals surface area contributed by atoms with Crippen molar-refractivity contribution in [2.45, 2.75) is 25.4 Å². The van der Waals surface area contributed by atoms with Crippen LogP contribution in [0, 0.1) is 5.82 Å². The number of piperidine rings is 1. The van der Waals surface area contributed by atoms with Crippen LogP contribution in [-0.4, -0.2) is 63.6 Å². The number of likely N-dealkylation sites (N-methyl/N-ethyl adjacent to an activating group) is 1. The molecule has 0 aliphatic carbocycles. The van der Waals surface area contributed by atoms with Gasteiger partial charge < -0.3 is 25.2 Å². The molecule has 1 amide bonds. The summed E-state index contributed by atoms with van der Waals surface area (Å²) in [5.41, 5.74) is 1.92. The molecule has 0 spiro atoms. The number of rotatable bonds is 7. The zero-order valence-electron chi connectivity index (χ0n) is 19.4. The van der Waals surface area contributed by atoms with Crippen LogP contribution in [0.5, 0.6) is 5.75 Å². The lowest BCUT2D eigenvalue weighted by Gasteiger charge is -2.35. The summed E-state index contributed by atoms with van der Waals surface area (Å²) in [6.45, 7) is 2.23. The summed E-state index contributed by atoms with van der Waals surface area (Å²) in [6, 6.07) is 14.6. The molecule has 1 unspecified atom stereocenters. The Morgan fingerprint density at radius 1 is 1.24 bits per heavy atom. The molecule has 0 radical (unpaired) electrons. The molecule has 1 atom stereocenters. The van der Waals surface area contributed by atoms with E-state index >= 15 is 0 Å². The number of methoxy groups -OCH3 is 1. The number of anilines is 1. The summed E-state index contributed by atoms with van der Waals surface area (Å²) in [7, 11) is 5.09. The summed E-state index contributed by atoms with van der Waals surface area (Å²) in [5.74, 6) is 1.12. The van der Waals surface area contributed by atoms with Gasteiger partial charge in [0.1, 0.15) is 11.6 Å². The van der Waals surface area contributed by atoms with Gasteiger partial charge in [0.05, 0.1) is 20.2 Å². The Balaban J connectivity index is 0.00000385. The van der Waals surface area contributed by atoms with Gasteiger partial charge in [-0.1, -0.05) is 18.2 Å². The number of benzene rings is 2. The molecule has 7 nitrogen and oxygen atoms in total. The average molecular weight is 569 g/mol. The predicted octanol–water partition coefficient (Wildman–Crippen LogP) is 3.24. The minimum absolute atomic E-state index is 0. The van der Waals surface area contributed by atoms with Crippen LogP contribution < -0.4 is 20.3 Å². The fraction of sp³-hybridized carbons (Fsp3) is 0.417. The summed E-state index contributed by atoms with van der Waals surface area (Å²) in [5, 5.41) is 6.61. The number of hydrogen-bond acceptors (Lipinski definition) is 4. The molecule has 2 aromatic carbocycles. The molecule has 2 N–H and O–H groups in total. The fourth-order valence-corrected chi connectivity index (χ4v) is 3.57. The molecule has 3 rings (SSSR count). The molecule has 0 aromatic heterocycles. The van der Waals surface area contributed by atoms with E-state index in [2.05, 4.69) is 15.5 Å². The van der Waals surface area contributed by atoms with Gasteiger partial charge in [0.25, 0.3) is 0 Å². The van der Waals surface area contributed by atoms with Gasteiger partial charge >= 0.3 is 0 Å². The second kappa shape index (κ2) is 13.2. The lowest BCUT2D eigenvalue weighted by Crippen LogP contribution is -2.52. The van der Waals surface area contributed by atoms with E-state index in [9.17, 15) is 9.18 Å². The van der Waals surface area contributed by atoms with Gasteiger partial charge in [0.15, 0.2) is 5.96 Å². The summed E-state index contributed by atoms with van der Waals surface area (Å²) in [4.78, 5) is 20.5. The molecule has 9 heteroatoms. The molecule has 0 bridgehead atoms. The summed E-state index contributed by atoms with van der Waals surface area (Å²) >= 11 is 0. The van der Waals surface area contributed by atoms with Crippen LogP contribution in [0.4, 0.5) is 10.1 Å². The zero-order chi connectivity index (χ0) is 22.9. The number of aliphatic imine (C=N–C) groups is 1. The number of nitrogens with one attached hydrogen (secondary N) is 2. The lowest BCUT2D eigenvalue weighted by molar-refractivity contribution is -0.127. The Kier molecular flexibility index (Phi) is 10.7. The maximum absolute atomic E-state index is 13.7. The second-order valence-corrected chi connectivity index (χ2v) is 8.06. The quantitative estimate of drug-likeness (QED) is 0.305. The molecule has 1 fully saturated rings. The molecule has 2 aromatic rings. The Morgan fingerprint density at radius 2 is 2.00 bits per heavy atom. The minimum atomic E-state index is -0.233. The number of carbonyl (C=O) groups excluding carboxylic acids is 1. The van der Waals surface area contributed by atoms with Crippen LogP contribution in [0.15, 0.2) is 53.5 Å². The highest BCUT2D eigenvalue weighted by Crippen LogP contribution is 2.21. The van der Waals surface area contributed by atoms with Crippen molar-refractivity contribution in [2.75, 3.05) is 45.7 Å². The number of carbonyl (C=O) groups is 1. The van der Waals surface area contributed by atoms with Gasteiger partial charge in [0, 0.05) is 38.9 Å². The van der Waals surface area contributed by atoms with Crippen LogP contribution in [0.2, 0.25) is 0 Å². The monoisotopic (exact) mass is 569 g/mol. The zero-order valence-corrected chi connectivity index (χ0v) is 21.7. The van der Waals surface area contributed by atoms with Crippen molar-refractivity contribution in [1.29, 1.82) is 0 Å². The van der Waals surface area contributed by atoms with E-state index < -0.39 is 0 Å². The van der Waals surface area contributed by atoms with Crippen LogP contribution >= 0.6 is 24.0 Å². The normalized spacial score (nSPS) is 15.9. The Bertz CT molecular complexity index is 923. The maximum Gasteiger partial charge on any atom is 0.241 e. The van der Waals surface area contributed by atoms with Crippen LogP contribution in [0.25, 0.3) is 0 Å². The number of guanidine groups is 1. The van der Waals surface area contributed by atoms with Gasteiger partial charge in [-0.05, 0) is 48.7 Å². The first kappa shape index (κ1) is 26.7. The predicted molar refractivity (Wildman–Crippen MR) is 141 cm³/mol. The third-order valence-corrected chi connectivity index (χ3v) is 5.42. The molecule has 33 heavy (non-hydrogen) atoms. The highest BCUT2D eigenvalue weighted by Gasteiger charge is 2.21. The smallest absolute Gasteiger partial charge is 0.241 e. The highest BCUT2D eigenvalue weighted by atomic mass is 127. The fourth-order valence-electron chi connectivity index (χ4n) is 3.57. The maximum atomic E-state index is 13.7. The first-order valence-corrected chi connectivity index (χ1v) is 10.8. The van der Waals surface area contributed by atoms with Crippen LogP contribution in [0.1, 0.15) is 18.4 Å². The van der Waals surface area contributed by atoms with Crippen molar-refractivity contribution in [3.8, 4) is 5.75 Å².